The van der Waals surface area contributed by atoms with Gasteiger partial charge in [0.2, 0.25) is 0 Å². The molecule has 1 heterocycles. The quantitative estimate of drug-likeness (QED) is 0.188. The summed E-state index contributed by atoms with van der Waals surface area (Å²) in [6.45, 7) is 0. The molecule has 1 aromatic heterocycles. The van der Waals surface area contributed by atoms with Gasteiger partial charge in [0, 0.05) is 6.20 Å². The number of aromatic nitrogens is 2. The largest absolute Gasteiger partial charge is 0.459 e. The molecule has 1 saturated carbocycles. The minimum atomic E-state index is -1.10. The fourth-order valence-electron chi connectivity index (χ4n) is 5.97. The van der Waals surface area contributed by atoms with Crippen LogP contribution in [-0.4, -0.2) is 26.7 Å². The van der Waals surface area contributed by atoms with Gasteiger partial charge in [-0.15, -0.1) is 0 Å². The lowest BCUT2D eigenvalue weighted by atomic mass is 9.76. The van der Waals surface area contributed by atoms with Crippen LogP contribution in [0.25, 0.3) is 0 Å². The number of esters is 1. The summed E-state index contributed by atoms with van der Waals surface area (Å²) in [5, 5.41) is 11.8. The number of carbonyl (C=O) groups excluding carboxylic acids is 1. The van der Waals surface area contributed by atoms with E-state index in [9.17, 15) is 9.90 Å². The molecule has 4 aromatic carbocycles. The maximum Gasteiger partial charge on any atom is 0.338 e. The number of benzene rings is 4. The van der Waals surface area contributed by atoms with Gasteiger partial charge in [-0.1, -0.05) is 109 Å². The molecule has 1 fully saturated rings. The second-order valence-electron chi connectivity index (χ2n) is 10.5. The second-order valence-corrected chi connectivity index (χ2v) is 10.5. The van der Waals surface area contributed by atoms with Crippen LogP contribution in [0, 0.1) is 0 Å². The fourth-order valence-corrected chi connectivity index (χ4v) is 5.97. The van der Waals surface area contributed by atoms with Gasteiger partial charge in [0.15, 0.2) is 0 Å². The maximum atomic E-state index is 12.6. The van der Waals surface area contributed by atoms with Crippen LogP contribution < -0.4 is 0 Å². The van der Waals surface area contributed by atoms with Crippen molar-refractivity contribution in [3.8, 4) is 0 Å². The van der Waals surface area contributed by atoms with Crippen molar-refractivity contribution in [2.45, 2.75) is 42.9 Å². The van der Waals surface area contributed by atoms with Crippen LogP contribution >= 0.6 is 0 Å². The van der Waals surface area contributed by atoms with Crippen molar-refractivity contribution in [1.29, 1.82) is 0 Å². The molecule has 0 atom stereocenters. The first-order chi connectivity index (χ1) is 19.6. The minimum Gasteiger partial charge on any atom is -0.459 e. The van der Waals surface area contributed by atoms with Gasteiger partial charge in [-0.25, -0.2) is 9.78 Å². The molecule has 0 radical (unpaired) electrons. The summed E-state index contributed by atoms with van der Waals surface area (Å²) in [5.74, 6) is -0.321. The number of rotatable bonds is 7. The number of nitrogens with zero attached hydrogens (tertiary/aromatic N) is 2. The first-order valence-electron chi connectivity index (χ1n) is 13.8. The summed E-state index contributed by atoms with van der Waals surface area (Å²) in [7, 11) is 0. The molecule has 5 nitrogen and oxygen atoms in total. The van der Waals surface area contributed by atoms with Crippen molar-refractivity contribution in [2.24, 2.45) is 0 Å². The predicted octanol–water partition coefficient (Wildman–Crippen LogP) is 6.71. The lowest BCUT2D eigenvalue weighted by Crippen LogP contribution is -2.38. The lowest BCUT2D eigenvalue weighted by molar-refractivity contribution is -0.0486. The van der Waals surface area contributed by atoms with Crippen LogP contribution in [0.5, 0.6) is 0 Å². The number of hydrogen-bond donors (Lipinski definition) is 1. The summed E-state index contributed by atoms with van der Waals surface area (Å²) < 4.78 is 7.89. The molecule has 5 aromatic rings. The van der Waals surface area contributed by atoms with E-state index in [4.69, 9.17) is 9.72 Å². The standard InChI is InChI=1S/C35H32N2O3/c38-33(27-13-5-1-6-14-27)40-31-21-23-34(39,24-22-31)32-25-37(26-36-32)35(28-15-7-2-8-16-28,29-17-9-3-10-18-29)30-19-11-4-12-20-30/h1-20,25-26,31,39H,21-24H2/t31-,34-. The molecule has 6 rings (SSSR count). The molecule has 0 amide bonds. The number of hydrogen-bond acceptors (Lipinski definition) is 4. The van der Waals surface area contributed by atoms with Gasteiger partial charge in [0.25, 0.3) is 0 Å². The van der Waals surface area contributed by atoms with Crippen LogP contribution in [0.15, 0.2) is 134 Å². The van der Waals surface area contributed by atoms with E-state index in [1.165, 1.54) is 0 Å². The summed E-state index contributed by atoms with van der Waals surface area (Å²) >= 11 is 0. The second kappa shape index (κ2) is 10.9. The highest BCUT2D eigenvalue weighted by Gasteiger charge is 2.42. The first kappa shape index (κ1) is 25.8. The number of imidazole rings is 1. The third kappa shape index (κ3) is 4.74. The van der Waals surface area contributed by atoms with Gasteiger partial charge in [-0.05, 0) is 54.5 Å². The van der Waals surface area contributed by atoms with Crippen molar-refractivity contribution in [1.82, 2.24) is 9.55 Å². The van der Waals surface area contributed by atoms with Crippen LogP contribution in [0.2, 0.25) is 0 Å². The SMILES string of the molecule is O=C(O[C@H]1CC[C@@](O)(c2cn(C(c3ccccc3)(c3ccccc3)c3ccccc3)cn2)CC1)c1ccccc1. The molecule has 0 unspecified atom stereocenters. The van der Waals surface area contributed by atoms with Gasteiger partial charge >= 0.3 is 5.97 Å². The van der Waals surface area contributed by atoms with E-state index in [0.29, 0.717) is 36.9 Å². The molecule has 200 valence electrons. The molecule has 0 spiro atoms. The Morgan fingerprint density at radius 1 is 0.750 bits per heavy atom. The van der Waals surface area contributed by atoms with Crippen molar-refractivity contribution in [3.05, 3.63) is 162 Å². The molecular formula is C35H32N2O3. The van der Waals surface area contributed by atoms with Crippen molar-refractivity contribution < 1.29 is 14.6 Å². The molecule has 0 saturated heterocycles. The van der Waals surface area contributed by atoms with E-state index in [1.54, 1.807) is 12.1 Å². The van der Waals surface area contributed by atoms with Crippen LogP contribution in [-0.2, 0) is 15.9 Å². The average molecular weight is 529 g/mol. The van der Waals surface area contributed by atoms with Crippen molar-refractivity contribution in [3.63, 3.8) is 0 Å². The van der Waals surface area contributed by atoms with E-state index in [1.807, 2.05) is 48.9 Å². The Morgan fingerprint density at radius 2 is 1.20 bits per heavy atom. The maximum absolute atomic E-state index is 12.6. The molecule has 1 N–H and O–H groups in total. The minimum absolute atomic E-state index is 0.230. The highest BCUT2D eigenvalue weighted by molar-refractivity contribution is 5.89. The zero-order chi connectivity index (χ0) is 27.4. The zero-order valence-electron chi connectivity index (χ0n) is 22.3. The van der Waals surface area contributed by atoms with Crippen LogP contribution in [0.1, 0.15) is 58.4 Å². The smallest absolute Gasteiger partial charge is 0.338 e. The summed E-state index contributed by atoms with van der Waals surface area (Å²) in [6.07, 6.45) is 5.67. The molecule has 5 heteroatoms. The van der Waals surface area contributed by atoms with Crippen LogP contribution in [0.3, 0.4) is 0 Å². The predicted molar refractivity (Wildman–Crippen MR) is 155 cm³/mol. The molecule has 1 aliphatic carbocycles. The number of ether oxygens (including phenoxy) is 1. The summed E-state index contributed by atoms with van der Waals surface area (Å²) in [4.78, 5) is 17.4. The molecule has 1 aliphatic rings. The topological polar surface area (TPSA) is 64.3 Å². The van der Waals surface area contributed by atoms with E-state index in [0.717, 1.165) is 16.7 Å². The van der Waals surface area contributed by atoms with E-state index in [-0.39, 0.29) is 12.1 Å². The van der Waals surface area contributed by atoms with Gasteiger partial charge < -0.3 is 14.4 Å². The van der Waals surface area contributed by atoms with Gasteiger partial charge in [0.1, 0.15) is 17.2 Å². The third-order valence-corrected chi connectivity index (χ3v) is 8.06. The normalized spacial score (nSPS) is 19.2. The van der Waals surface area contributed by atoms with Gasteiger partial charge in [0.05, 0.1) is 17.6 Å². The van der Waals surface area contributed by atoms with Gasteiger partial charge in [-0.3, -0.25) is 0 Å². The Labute approximate surface area is 234 Å². The number of aliphatic hydroxyl groups is 1. The Kier molecular flexibility index (Phi) is 7.06. The average Bonchev–Trinajstić information content (AvgIpc) is 3.53. The molecule has 0 aliphatic heterocycles. The zero-order valence-corrected chi connectivity index (χ0v) is 22.3. The monoisotopic (exact) mass is 528 g/mol. The Morgan fingerprint density at radius 3 is 1.68 bits per heavy atom. The highest BCUT2D eigenvalue weighted by Crippen LogP contribution is 2.43. The first-order valence-corrected chi connectivity index (χ1v) is 13.8. The van der Waals surface area contributed by atoms with Crippen molar-refractivity contribution in [2.75, 3.05) is 0 Å². The lowest BCUT2D eigenvalue weighted by Gasteiger charge is -2.38. The fraction of sp³-hybridized carbons (Fsp3) is 0.200. The molecule has 0 bridgehead atoms. The van der Waals surface area contributed by atoms with Crippen LogP contribution in [0.4, 0.5) is 0 Å². The number of carbonyl (C=O) groups is 1. The van der Waals surface area contributed by atoms with E-state index < -0.39 is 11.1 Å². The van der Waals surface area contributed by atoms with Crippen molar-refractivity contribution >= 4 is 5.97 Å². The Balaban J connectivity index is 1.33. The Bertz CT molecular complexity index is 1450. The molecular weight excluding hydrogens is 496 g/mol. The summed E-state index contributed by atoms with van der Waals surface area (Å²) in [5.41, 5.74) is 2.68. The van der Waals surface area contributed by atoms with E-state index >= 15 is 0 Å². The molecule has 40 heavy (non-hydrogen) atoms. The Hall–Kier alpha value is -4.48. The van der Waals surface area contributed by atoms with E-state index in [2.05, 4.69) is 77.4 Å². The third-order valence-electron chi connectivity index (χ3n) is 8.06. The highest BCUT2D eigenvalue weighted by atomic mass is 16.5. The van der Waals surface area contributed by atoms with Gasteiger partial charge in [-0.2, -0.15) is 0 Å². The summed E-state index contributed by atoms with van der Waals surface area (Å²) in [6, 6.07) is 40.3.